The molecule has 0 amide bonds. The summed E-state index contributed by atoms with van der Waals surface area (Å²) in [5.41, 5.74) is 2.21. The molecular weight excluding hydrogens is 302 g/mol. The van der Waals surface area contributed by atoms with Gasteiger partial charge >= 0.3 is 0 Å². The molecule has 82 valence electrons. The first-order valence-electron chi connectivity index (χ1n) is 3.60. The van der Waals surface area contributed by atoms with Crippen molar-refractivity contribution >= 4 is 39.9 Å². The van der Waals surface area contributed by atoms with Crippen LogP contribution in [0.3, 0.4) is 0 Å². The fourth-order valence-electron chi connectivity index (χ4n) is 0.660. The second-order valence-corrected chi connectivity index (χ2v) is 2.60. The molecule has 0 aromatic heterocycles. The number of nitrogens with one attached hydrogen (secondary N) is 3. The summed E-state index contributed by atoms with van der Waals surface area (Å²) in [6, 6.07) is 0. The quantitative estimate of drug-likeness (QED) is 0.194. The van der Waals surface area contributed by atoms with E-state index in [1.165, 1.54) is 0 Å². The Morgan fingerprint density at radius 2 is 1.92 bits per heavy atom. The van der Waals surface area contributed by atoms with Gasteiger partial charge in [0.1, 0.15) is 0 Å². The van der Waals surface area contributed by atoms with E-state index in [1.807, 2.05) is 14.1 Å². The van der Waals surface area contributed by atoms with Crippen molar-refractivity contribution in [2.24, 2.45) is 5.84 Å². The van der Waals surface area contributed by atoms with Crippen LogP contribution in [0, 0.1) is 5.41 Å². The number of rotatable bonds is 4. The molecule has 0 fully saturated rings. The maximum atomic E-state index is 7.06. The summed E-state index contributed by atoms with van der Waals surface area (Å²) in [5.74, 6) is 5.14. The number of nitrogens with zero attached hydrogens (tertiary/aromatic N) is 1. The van der Waals surface area contributed by atoms with Crippen molar-refractivity contribution in [3.05, 3.63) is 0 Å². The van der Waals surface area contributed by atoms with E-state index in [4.69, 9.17) is 11.3 Å². The first-order chi connectivity index (χ1) is 5.16. The summed E-state index contributed by atoms with van der Waals surface area (Å²) in [6.07, 6.45) is 1.01. The predicted molar refractivity (Wildman–Crippen MR) is 66.9 cm³/mol. The lowest BCUT2D eigenvalue weighted by Crippen LogP contribution is -2.41. The largest absolute Gasteiger partial charge is 0.355 e. The lowest BCUT2D eigenvalue weighted by atomic mass is 10.4. The molecule has 0 aliphatic carbocycles. The van der Waals surface area contributed by atoms with Crippen molar-refractivity contribution in [2.75, 3.05) is 27.2 Å². The van der Waals surface area contributed by atoms with E-state index in [-0.39, 0.29) is 39.9 Å². The van der Waals surface area contributed by atoms with E-state index < -0.39 is 0 Å². The molecule has 0 saturated heterocycles. The van der Waals surface area contributed by atoms with Gasteiger partial charge in [-0.25, -0.2) is 5.84 Å². The van der Waals surface area contributed by atoms with E-state index in [0.717, 1.165) is 19.5 Å². The molecule has 0 aliphatic rings. The van der Waals surface area contributed by atoms with Crippen molar-refractivity contribution in [3.63, 3.8) is 0 Å². The van der Waals surface area contributed by atoms with Crippen LogP contribution in [0.25, 0.3) is 0 Å². The number of hydrazine groups is 1. The van der Waals surface area contributed by atoms with Crippen LogP contribution in [0.1, 0.15) is 6.42 Å². The van der Waals surface area contributed by atoms with Gasteiger partial charge in [-0.3, -0.25) is 10.8 Å². The minimum Gasteiger partial charge on any atom is -0.355 e. The lowest BCUT2D eigenvalue weighted by molar-refractivity contribution is 0.399. The Hall–Kier alpha value is 0.150. The Morgan fingerprint density at radius 1 is 1.38 bits per heavy atom. The Labute approximate surface area is 100 Å². The van der Waals surface area contributed by atoms with Gasteiger partial charge in [-0.15, -0.1) is 34.0 Å². The third-order valence-electron chi connectivity index (χ3n) is 1.23. The zero-order chi connectivity index (χ0) is 8.69. The van der Waals surface area contributed by atoms with Crippen molar-refractivity contribution in [3.8, 4) is 0 Å². The van der Waals surface area contributed by atoms with Gasteiger partial charge < -0.3 is 10.2 Å². The maximum Gasteiger partial charge on any atom is 0.202 e. The van der Waals surface area contributed by atoms with Gasteiger partial charge in [0.25, 0.3) is 0 Å². The summed E-state index contributed by atoms with van der Waals surface area (Å²) in [7, 11) is 4.04. The van der Waals surface area contributed by atoms with Gasteiger partial charge in [0, 0.05) is 6.54 Å². The maximum absolute atomic E-state index is 7.06. The molecule has 0 aromatic rings. The Balaban J connectivity index is -0.000000500. The number of nitrogens with two attached hydrogens (primary N) is 1. The van der Waals surface area contributed by atoms with Crippen LogP contribution in [-0.4, -0.2) is 38.0 Å². The molecule has 5 N–H and O–H groups in total. The minimum atomic E-state index is 0. The van der Waals surface area contributed by atoms with Crippen molar-refractivity contribution in [1.29, 1.82) is 5.41 Å². The van der Waals surface area contributed by atoms with Crippen molar-refractivity contribution in [2.45, 2.75) is 6.42 Å². The molecule has 0 saturated carbocycles. The zero-order valence-corrected chi connectivity index (χ0v) is 11.4. The molecule has 0 unspecified atom stereocenters. The smallest absolute Gasteiger partial charge is 0.202 e. The molecule has 0 bridgehead atoms. The second-order valence-electron chi connectivity index (χ2n) is 2.60. The molecule has 0 atom stereocenters. The van der Waals surface area contributed by atoms with E-state index in [0.29, 0.717) is 0 Å². The topological polar surface area (TPSA) is 77.2 Å². The number of guanidine groups is 1. The molecule has 0 radical (unpaired) electrons. The third kappa shape index (κ3) is 15.0. The van der Waals surface area contributed by atoms with Crippen LogP contribution in [0.15, 0.2) is 0 Å². The van der Waals surface area contributed by atoms with Crippen LogP contribution in [0.5, 0.6) is 0 Å². The molecule has 0 aromatic carbocycles. The Morgan fingerprint density at radius 3 is 2.31 bits per heavy atom. The summed E-state index contributed by atoms with van der Waals surface area (Å²) in [4.78, 5) is 2.10. The van der Waals surface area contributed by atoms with Gasteiger partial charge in [-0.1, -0.05) is 0 Å². The van der Waals surface area contributed by atoms with Crippen LogP contribution < -0.4 is 16.6 Å². The highest BCUT2D eigenvalue weighted by atomic mass is 79.9. The number of hydrogen-bond acceptors (Lipinski definition) is 3. The minimum absolute atomic E-state index is 0. The van der Waals surface area contributed by atoms with Gasteiger partial charge in [0.05, 0.1) is 0 Å². The fourth-order valence-corrected chi connectivity index (χ4v) is 0.660. The summed E-state index contributed by atoms with van der Waals surface area (Å²) in [5, 5.41) is 9.87. The Kier molecular flexibility index (Phi) is 17.6. The molecule has 0 heterocycles. The SMILES string of the molecule is Br.Br.CN(C)CCCNC(=N)NN. The molecule has 0 spiro atoms. The number of hydrogen-bond donors (Lipinski definition) is 4. The van der Waals surface area contributed by atoms with Gasteiger partial charge in [-0.2, -0.15) is 0 Å². The zero-order valence-electron chi connectivity index (χ0n) is 7.96. The molecule has 5 nitrogen and oxygen atoms in total. The first-order valence-corrected chi connectivity index (χ1v) is 3.60. The van der Waals surface area contributed by atoms with Gasteiger partial charge in [-0.05, 0) is 27.1 Å². The van der Waals surface area contributed by atoms with Crippen molar-refractivity contribution < 1.29 is 0 Å². The average molecular weight is 321 g/mol. The monoisotopic (exact) mass is 319 g/mol. The highest BCUT2D eigenvalue weighted by molar-refractivity contribution is 8.93. The highest BCUT2D eigenvalue weighted by Gasteiger charge is 1.91. The average Bonchev–Trinajstić information content (AvgIpc) is 1.97. The Bertz CT molecular complexity index is 120. The summed E-state index contributed by atoms with van der Waals surface area (Å²) in [6.45, 7) is 1.80. The fraction of sp³-hybridized carbons (Fsp3) is 0.833. The normalized spacial score (nSPS) is 8.31. The molecular formula is C6H19Br2N5. The van der Waals surface area contributed by atoms with E-state index in [1.54, 1.807) is 0 Å². The summed E-state index contributed by atoms with van der Waals surface area (Å²) < 4.78 is 0. The van der Waals surface area contributed by atoms with Crippen LogP contribution in [0.4, 0.5) is 0 Å². The highest BCUT2D eigenvalue weighted by Crippen LogP contribution is 1.79. The predicted octanol–water partition coefficient (Wildman–Crippen LogP) is 0.0816. The van der Waals surface area contributed by atoms with Crippen LogP contribution >= 0.6 is 34.0 Å². The lowest BCUT2D eigenvalue weighted by Gasteiger charge is -2.10. The molecule has 0 rings (SSSR count). The van der Waals surface area contributed by atoms with E-state index >= 15 is 0 Å². The second kappa shape index (κ2) is 12.2. The van der Waals surface area contributed by atoms with Crippen molar-refractivity contribution in [1.82, 2.24) is 15.6 Å². The third-order valence-corrected chi connectivity index (χ3v) is 1.23. The van der Waals surface area contributed by atoms with Gasteiger partial charge in [0.15, 0.2) is 0 Å². The van der Waals surface area contributed by atoms with E-state index in [2.05, 4.69) is 15.6 Å². The molecule has 13 heavy (non-hydrogen) atoms. The van der Waals surface area contributed by atoms with Gasteiger partial charge in [0.2, 0.25) is 5.96 Å². The molecule has 7 heteroatoms. The standard InChI is InChI=1S/C6H17N5.2BrH/c1-11(2)5-3-4-9-6(7)10-8;;/h3-5,8H2,1-2H3,(H3,7,9,10);2*1H. The number of halogens is 2. The first kappa shape index (κ1) is 18.8. The van der Waals surface area contributed by atoms with Crippen LogP contribution in [-0.2, 0) is 0 Å². The van der Waals surface area contributed by atoms with E-state index in [9.17, 15) is 0 Å². The summed E-state index contributed by atoms with van der Waals surface area (Å²) >= 11 is 0. The van der Waals surface area contributed by atoms with Crippen LogP contribution in [0.2, 0.25) is 0 Å². The molecule has 0 aliphatic heterocycles.